The molecule has 2 saturated carbocycles. The van der Waals surface area contributed by atoms with Crippen LogP contribution in [0.15, 0.2) is 48.5 Å². The summed E-state index contributed by atoms with van der Waals surface area (Å²) in [6.45, 7) is 12.3. The van der Waals surface area contributed by atoms with Gasteiger partial charge >= 0.3 is 11.9 Å². The highest BCUT2D eigenvalue weighted by atomic mass is 35.5. The summed E-state index contributed by atoms with van der Waals surface area (Å²) in [7, 11) is -1.51. The van der Waals surface area contributed by atoms with Gasteiger partial charge in [-0.2, -0.15) is 0 Å². The largest absolute Gasteiger partial charge is 0.462 e. The highest BCUT2D eigenvalue weighted by molar-refractivity contribution is 7.84. The standard InChI is InChI=1S/C18H27NO3S.C14H19NO2.C2H6O.CH4.ClH/c1-5-22-17(20)15-11-9-14(10-12-15)16(13-7-6-8-13)19-23(21)18(2,3)4;1-2-17-14(16)12-8-6-11(7-9-12)13(15)10-4-3-5-10;1-2-3;;/h9-13,16H,5-8H2,1-4H3,(H,19,21);6-10,13H,2-5,15H2,1H3;3H,2H2,1H3;1H4;1H/p+1. The average Bonchev–Trinajstić information content (AvgIpc) is 2.91. The quantitative estimate of drug-likeness (QED) is 0.136. The van der Waals surface area contributed by atoms with Crippen LogP contribution in [-0.2, 0) is 24.7 Å². The molecule has 4 rings (SSSR count). The van der Waals surface area contributed by atoms with Gasteiger partial charge in [-0.05, 0) is 114 Å². The van der Waals surface area contributed by atoms with E-state index in [4.69, 9.17) is 20.3 Å². The van der Waals surface area contributed by atoms with Crippen molar-refractivity contribution in [2.45, 2.75) is 104 Å². The van der Waals surface area contributed by atoms with Crippen LogP contribution in [0.1, 0.15) is 131 Å². The van der Waals surface area contributed by atoms with Crippen molar-refractivity contribution in [2.24, 2.45) is 17.6 Å². The Morgan fingerprint density at radius 2 is 1.22 bits per heavy atom. The van der Waals surface area contributed by atoms with Gasteiger partial charge in [-0.25, -0.2) is 9.59 Å². The minimum atomic E-state index is -1.51. The molecule has 10 heteroatoms. The number of nitrogens with two attached hydrogens (primary N) is 1. The molecule has 0 saturated heterocycles. The molecule has 8 nitrogen and oxygen atoms in total. The second kappa shape index (κ2) is 21.5. The smallest absolute Gasteiger partial charge is 0.338 e. The molecule has 0 aliphatic heterocycles. The Morgan fingerprint density at radius 3 is 1.53 bits per heavy atom. The third kappa shape index (κ3) is 13.5. The van der Waals surface area contributed by atoms with Gasteiger partial charge in [-0.3, -0.25) is 0 Å². The van der Waals surface area contributed by atoms with Gasteiger partial charge in [0, 0.05) is 12.6 Å². The first-order chi connectivity index (χ1) is 20.5. The first-order valence-corrected chi connectivity index (χ1v) is 16.9. The number of hydrogen-bond acceptors (Lipinski definition) is 7. The Balaban J connectivity index is 0.000000784. The SMILES string of the molecule is C.CCO.CCOC(=O)c1ccc(C(N)C2CCC2)cc1.CCOC(=O)c1ccc(C(N[SH+](=O)C(C)(C)C)C2CCC2)cc1.Cl. The summed E-state index contributed by atoms with van der Waals surface area (Å²) in [6.07, 6.45) is 7.28. The van der Waals surface area contributed by atoms with Crippen LogP contribution in [0.25, 0.3) is 0 Å². The predicted molar refractivity (Wildman–Crippen MR) is 188 cm³/mol. The molecule has 0 spiro atoms. The number of benzene rings is 2. The van der Waals surface area contributed by atoms with Crippen LogP contribution in [0.4, 0.5) is 0 Å². The monoisotopic (exact) mass is 669 g/mol. The Labute approximate surface area is 280 Å². The van der Waals surface area contributed by atoms with Crippen LogP contribution in [0, 0.1) is 11.8 Å². The molecule has 3 atom stereocenters. The van der Waals surface area contributed by atoms with Gasteiger partial charge in [0.05, 0.1) is 30.4 Å². The van der Waals surface area contributed by atoms with Crippen molar-refractivity contribution in [1.82, 2.24) is 4.72 Å². The maximum atomic E-state index is 12.5. The van der Waals surface area contributed by atoms with Crippen LogP contribution >= 0.6 is 12.4 Å². The lowest BCUT2D eigenvalue weighted by molar-refractivity contribution is 0.0516. The molecule has 45 heavy (non-hydrogen) atoms. The Hall–Kier alpha value is -2.30. The number of carbonyl (C=O) groups excluding carboxylic acids is 2. The molecule has 2 fully saturated rings. The normalized spacial score (nSPS) is 16.2. The Morgan fingerprint density at radius 1 is 0.844 bits per heavy atom. The fourth-order valence-electron chi connectivity index (χ4n) is 4.71. The van der Waals surface area contributed by atoms with Crippen LogP contribution in [-0.4, -0.2) is 41.6 Å². The number of aliphatic hydroxyl groups is 1. The molecular formula is C35H58ClN2O6S+. The van der Waals surface area contributed by atoms with Gasteiger partial charge in [-0.15, -0.1) is 17.1 Å². The van der Waals surface area contributed by atoms with Crippen molar-refractivity contribution in [3.05, 3.63) is 70.8 Å². The number of ether oxygens (including phenoxy) is 2. The van der Waals surface area contributed by atoms with Crippen LogP contribution in [0.5, 0.6) is 0 Å². The van der Waals surface area contributed by atoms with Crippen LogP contribution < -0.4 is 10.5 Å². The number of rotatable bonds is 10. The number of nitrogens with one attached hydrogen (secondary N) is 1. The number of aliphatic hydroxyl groups excluding tert-OH is 1. The minimum Gasteiger partial charge on any atom is -0.462 e. The number of esters is 2. The Bertz CT molecular complexity index is 1150. The number of hydrogen-bond donors (Lipinski definition) is 3. The van der Waals surface area contributed by atoms with Crippen LogP contribution in [0.3, 0.4) is 0 Å². The van der Waals surface area contributed by atoms with E-state index in [0.29, 0.717) is 36.2 Å². The molecule has 0 heterocycles. The summed E-state index contributed by atoms with van der Waals surface area (Å²) < 4.78 is 25.6. The van der Waals surface area contributed by atoms with E-state index in [1.54, 1.807) is 45.0 Å². The number of halogens is 1. The molecule has 2 aromatic rings. The maximum absolute atomic E-state index is 12.5. The third-order valence-electron chi connectivity index (χ3n) is 7.73. The summed E-state index contributed by atoms with van der Waals surface area (Å²) in [6, 6.07) is 15.2. The van der Waals surface area contributed by atoms with Crippen molar-refractivity contribution in [2.75, 3.05) is 19.8 Å². The molecule has 4 N–H and O–H groups in total. The molecule has 3 unspecified atom stereocenters. The molecule has 256 valence electrons. The van der Waals surface area contributed by atoms with Gasteiger partial charge in [0.1, 0.15) is 15.7 Å². The number of thiol groups is 1. The summed E-state index contributed by atoms with van der Waals surface area (Å²) in [5.74, 6) is 0.567. The van der Waals surface area contributed by atoms with E-state index in [1.165, 1.54) is 25.7 Å². The average molecular weight is 670 g/mol. The summed E-state index contributed by atoms with van der Waals surface area (Å²) >= 11 is 0. The first kappa shape index (κ1) is 42.7. The summed E-state index contributed by atoms with van der Waals surface area (Å²) in [5.41, 5.74) is 9.53. The molecule has 2 aromatic carbocycles. The van der Waals surface area contributed by atoms with Crippen molar-refractivity contribution < 1.29 is 28.4 Å². The summed E-state index contributed by atoms with van der Waals surface area (Å²) in [5, 5.41) is 7.57. The molecule has 2 aliphatic rings. The van der Waals surface area contributed by atoms with E-state index in [0.717, 1.165) is 24.0 Å². The van der Waals surface area contributed by atoms with Gasteiger partial charge in [0.15, 0.2) is 0 Å². The second-order valence-electron chi connectivity index (χ2n) is 12.0. The van der Waals surface area contributed by atoms with Crippen molar-refractivity contribution in [3.63, 3.8) is 0 Å². The molecule has 0 radical (unpaired) electrons. The first-order valence-electron chi connectivity index (χ1n) is 15.6. The third-order valence-corrected chi connectivity index (χ3v) is 9.46. The maximum Gasteiger partial charge on any atom is 0.338 e. The molecule has 2 aliphatic carbocycles. The van der Waals surface area contributed by atoms with E-state index < -0.39 is 11.0 Å². The highest BCUT2D eigenvalue weighted by Gasteiger charge is 2.35. The van der Waals surface area contributed by atoms with Gasteiger partial charge in [0.25, 0.3) is 0 Å². The zero-order chi connectivity index (χ0) is 32.0. The van der Waals surface area contributed by atoms with E-state index in [9.17, 15) is 13.8 Å². The topological polar surface area (TPSA) is 128 Å². The fraction of sp³-hybridized carbons (Fsp3) is 0.600. The minimum absolute atomic E-state index is 0. The van der Waals surface area contributed by atoms with Gasteiger partial charge in [-0.1, -0.05) is 48.7 Å². The zero-order valence-corrected chi connectivity index (χ0v) is 28.9. The molecular weight excluding hydrogens is 612 g/mol. The molecule has 0 aromatic heterocycles. The predicted octanol–water partition coefficient (Wildman–Crippen LogP) is 7.42. The van der Waals surface area contributed by atoms with Crippen LogP contribution in [0.2, 0.25) is 0 Å². The van der Waals surface area contributed by atoms with E-state index in [1.807, 2.05) is 45.0 Å². The van der Waals surface area contributed by atoms with Gasteiger partial charge in [0.2, 0.25) is 0 Å². The molecule has 0 bridgehead atoms. The van der Waals surface area contributed by atoms with E-state index in [-0.39, 0.29) is 55.2 Å². The Kier molecular flexibility index (Phi) is 20.4. The lowest BCUT2D eigenvalue weighted by Crippen LogP contribution is -2.39. The number of carbonyl (C=O) groups is 2. The van der Waals surface area contributed by atoms with Gasteiger partial charge < -0.3 is 20.3 Å². The summed E-state index contributed by atoms with van der Waals surface area (Å²) in [4.78, 5) is 23.2. The lowest BCUT2D eigenvalue weighted by Gasteiger charge is -2.33. The second-order valence-corrected chi connectivity index (χ2v) is 14.2. The lowest BCUT2D eigenvalue weighted by atomic mass is 9.77. The molecule has 0 amide bonds. The van der Waals surface area contributed by atoms with E-state index in [2.05, 4.69) is 4.72 Å². The highest BCUT2D eigenvalue weighted by Crippen LogP contribution is 2.39. The fourth-order valence-corrected chi connectivity index (χ4v) is 5.71. The van der Waals surface area contributed by atoms with Crippen molar-refractivity contribution in [3.8, 4) is 0 Å². The van der Waals surface area contributed by atoms with Crippen molar-refractivity contribution >= 4 is 35.3 Å². The van der Waals surface area contributed by atoms with E-state index >= 15 is 0 Å². The van der Waals surface area contributed by atoms with Crippen molar-refractivity contribution in [1.29, 1.82) is 0 Å². The zero-order valence-electron chi connectivity index (χ0n) is 27.2.